The fourth-order valence-corrected chi connectivity index (χ4v) is 1.79. The van der Waals surface area contributed by atoms with E-state index in [4.69, 9.17) is 5.11 Å². The number of amides is 1. The van der Waals surface area contributed by atoms with Crippen molar-refractivity contribution in [3.8, 4) is 11.8 Å². The summed E-state index contributed by atoms with van der Waals surface area (Å²) in [4.78, 5) is 12.2. The van der Waals surface area contributed by atoms with Gasteiger partial charge in [-0.25, -0.2) is 4.39 Å². The van der Waals surface area contributed by atoms with E-state index in [9.17, 15) is 9.18 Å². The minimum atomic E-state index is -0.482. The predicted octanol–water partition coefficient (Wildman–Crippen LogP) is 2.73. The van der Waals surface area contributed by atoms with Crippen LogP contribution in [0.4, 0.5) is 10.1 Å². The molecule has 0 aliphatic heterocycles. The van der Waals surface area contributed by atoms with Crippen LogP contribution >= 0.6 is 0 Å². The Labute approximate surface area is 122 Å². The summed E-state index contributed by atoms with van der Waals surface area (Å²) in [6.07, 6.45) is 0. The lowest BCUT2D eigenvalue weighted by atomic mass is 10.1. The largest absolute Gasteiger partial charge is 0.384 e. The molecule has 0 fully saturated rings. The SMILES string of the molecule is Cc1ccc(NC(=O)c2ccc(F)cc2C#CCO)cc1. The molecular weight excluding hydrogens is 269 g/mol. The maximum atomic E-state index is 13.2. The molecule has 0 bridgehead atoms. The van der Waals surface area contributed by atoms with E-state index in [1.807, 2.05) is 19.1 Å². The molecule has 2 aromatic rings. The van der Waals surface area contributed by atoms with Crippen molar-refractivity contribution in [2.24, 2.45) is 0 Å². The van der Waals surface area contributed by atoms with E-state index >= 15 is 0 Å². The number of carbonyl (C=O) groups excluding carboxylic acids is 1. The summed E-state index contributed by atoms with van der Waals surface area (Å²) in [5.74, 6) is 4.14. The standard InChI is InChI=1S/C17H14FNO2/c1-12-4-7-15(8-5-12)19-17(21)16-9-6-14(18)11-13(16)3-2-10-20/h4-9,11,20H,10H2,1H3,(H,19,21). The fraction of sp³-hybridized carbons (Fsp3) is 0.118. The number of halogens is 1. The molecule has 2 aromatic carbocycles. The quantitative estimate of drug-likeness (QED) is 0.833. The summed E-state index contributed by atoms with van der Waals surface area (Å²) in [5, 5.41) is 11.4. The van der Waals surface area contributed by atoms with Gasteiger partial charge < -0.3 is 10.4 Å². The van der Waals surface area contributed by atoms with E-state index in [0.717, 1.165) is 5.56 Å². The van der Waals surface area contributed by atoms with E-state index in [2.05, 4.69) is 17.2 Å². The number of hydrogen-bond donors (Lipinski definition) is 2. The Kier molecular flexibility index (Phi) is 4.70. The number of aryl methyl sites for hydroxylation is 1. The van der Waals surface area contributed by atoms with E-state index in [0.29, 0.717) is 5.69 Å². The molecule has 0 saturated heterocycles. The normalized spacial score (nSPS) is 9.67. The third kappa shape index (κ3) is 3.91. The van der Waals surface area contributed by atoms with Crippen LogP contribution in [-0.2, 0) is 0 Å². The van der Waals surface area contributed by atoms with Crippen molar-refractivity contribution in [3.05, 3.63) is 65.0 Å². The fourth-order valence-electron chi connectivity index (χ4n) is 1.79. The van der Waals surface area contributed by atoms with E-state index < -0.39 is 5.82 Å². The molecule has 2 rings (SSSR count). The van der Waals surface area contributed by atoms with Gasteiger partial charge in [-0.2, -0.15) is 0 Å². The van der Waals surface area contributed by atoms with Crippen molar-refractivity contribution in [3.63, 3.8) is 0 Å². The smallest absolute Gasteiger partial charge is 0.256 e. The highest BCUT2D eigenvalue weighted by Crippen LogP contribution is 2.14. The van der Waals surface area contributed by atoms with Crippen LogP contribution in [-0.4, -0.2) is 17.6 Å². The molecule has 0 saturated carbocycles. The van der Waals surface area contributed by atoms with Crippen molar-refractivity contribution in [2.75, 3.05) is 11.9 Å². The molecule has 0 aliphatic carbocycles. The number of benzene rings is 2. The number of hydrogen-bond acceptors (Lipinski definition) is 2. The van der Waals surface area contributed by atoms with Crippen LogP contribution in [0.2, 0.25) is 0 Å². The Balaban J connectivity index is 2.28. The Morgan fingerprint density at radius 3 is 2.62 bits per heavy atom. The Morgan fingerprint density at radius 1 is 1.24 bits per heavy atom. The van der Waals surface area contributed by atoms with Crippen molar-refractivity contribution < 1.29 is 14.3 Å². The second kappa shape index (κ2) is 6.69. The molecule has 0 spiro atoms. The number of nitrogens with one attached hydrogen (secondary N) is 1. The molecule has 0 radical (unpaired) electrons. The molecule has 106 valence electrons. The van der Waals surface area contributed by atoms with Gasteiger partial charge in [0.15, 0.2) is 0 Å². The molecule has 0 aromatic heterocycles. The van der Waals surface area contributed by atoms with Gasteiger partial charge in [-0.1, -0.05) is 29.5 Å². The lowest BCUT2D eigenvalue weighted by Crippen LogP contribution is -2.13. The molecule has 0 heterocycles. The molecule has 0 unspecified atom stereocenters. The second-order valence-corrected chi connectivity index (χ2v) is 4.47. The first-order valence-electron chi connectivity index (χ1n) is 6.37. The Hall–Kier alpha value is -2.64. The Bertz CT molecular complexity index is 712. The number of carbonyl (C=O) groups is 1. The van der Waals surface area contributed by atoms with Crippen LogP contribution < -0.4 is 5.32 Å². The summed E-state index contributed by atoms with van der Waals surface area (Å²) in [6, 6.07) is 11.1. The van der Waals surface area contributed by atoms with Gasteiger partial charge in [0.25, 0.3) is 5.91 Å². The second-order valence-electron chi connectivity index (χ2n) is 4.47. The van der Waals surface area contributed by atoms with Crippen LogP contribution in [0.3, 0.4) is 0 Å². The average molecular weight is 283 g/mol. The molecule has 0 atom stereocenters. The predicted molar refractivity (Wildman–Crippen MR) is 79.5 cm³/mol. The highest BCUT2D eigenvalue weighted by atomic mass is 19.1. The lowest BCUT2D eigenvalue weighted by Gasteiger charge is -2.07. The molecule has 21 heavy (non-hydrogen) atoms. The first-order valence-corrected chi connectivity index (χ1v) is 6.37. The highest BCUT2D eigenvalue weighted by molar-refractivity contribution is 6.06. The van der Waals surface area contributed by atoms with Gasteiger partial charge in [-0.15, -0.1) is 0 Å². The molecule has 3 nitrogen and oxygen atoms in total. The first kappa shape index (κ1) is 14.8. The Morgan fingerprint density at radius 2 is 1.95 bits per heavy atom. The van der Waals surface area contributed by atoms with Crippen molar-refractivity contribution >= 4 is 11.6 Å². The van der Waals surface area contributed by atoms with Gasteiger partial charge in [0.05, 0.1) is 5.56 Å². The van der Waals surface area contributed by atoms with Gasteiger partial charge in [0.2, 0.25) is 0 Å². The summed E-state index contributed by atoms with van der Waals surface area (Å²) in [5.41, 5.74) is 2.24. The van der Waals surface area contributed by atoms with Gasteiger partial charge in [-0.05, 0) is 37.3 Å². The zero-order valence-corrected chi connectivity index (χ0v) is 11.5. The van der Waals surface area contributed by atoms with Gasteiger partial charge in [-0.3, -0.25) is 4.79 Å². The molecule has 4 heteroatoms. The summed E-state index contributed by atoms with van der Waals surface area (Å²) in [7, 11) is 0. The number of aliphatic hydroxyl groups excluding tert-OH is 1. The monoisotopic (exact) mass is 283 g/mol. The molecule has 0 aliphatic rings. The number of aliphatic hydroxyl groups is 1. The topological polar surface area (TPSA) is 49.3 Å². The maximum absolute atomic E-state index is 13.2. The van der Waals surface area contributed by atoms with E-state index in [1.165, 1.54) is 18.2 Å². The van der Waals surface area contributed by atoms with Crippen LogP contribution in [0, 0.1) is 24.6 Å². The van der Waals surface area contributed by atoms with Crippen molar-refractivity contribution in [2.45, 2.75) is 6.92 Å². The van der Waals surface area contributed by atoms with Gasteiger partial charge in [0.1, 0.15) is 12.4 Å². The maximum Gasteiger partial charge on any atom is 0.256 e. The molecule has 2 N–H and O–H groups in total. The van der Waals surface area contributed by atoms with E-state index in [1.54, 1.807) is 12.1 Å². The highest BCUT2D eigenvalue weighted by Gasteiger charge is 2.11. The average Bonchev–Trinajstić information content (AvgIpc) is 2.47. The third-order valence-electron chi connectivity index (χ3n) is 2.84. The van der Waals surface area contributed by atoms with Gasteiger partial charge >= 0.3 is 0 Å². The van der Waals surface area contributed by atoms with Crippen LogP contribution in [0.25, 0.3) is 0 Å². The number of rotatable bonds is 2. The lowest BCUT2D eigenvalue weighted by molar-refractivity contribution is 0.102. The molecule has 1 amide bonds. The summed E-state index contributed by atoms with van der Waals surface area (Å²) < 4.78 is 13.2. The van der Waals surface area contributed by atoms with Crippen LogP contribution in [0.1, 0.15) is 21.5 Å². The zero-order chi connectivity index (χ0) is 15.2. The molecular formula is C17H14FNO2. The van der Waals surface area contributed by atoms with Crippen molar-refractivity contribution in [1.82, 2.24) is 0 Å². The van der Waals surface area contributed by atoms with Crippen LogP contribution in [0.15, 0.2) is 42.5 Å². The van der Waals surface area contributed by atoms with Crippen LogP contribution in [0.5, 0.6) is 0 Å². The zero-order valence-electron chi connectivity index (χ0n) is 11.5. The minimum absolute atomic E-state index is 0.244. The minimum Gasteiger partial charge on any atom is -0.384 e. The first-order chi connectivity index (χ1) is 10.1. The number of anilines is 1. The van der Waals surface area contributed by atoms with Gasteiger partial charge in [0, 0.05) is 11.3 Å². The van der Waals surface area contributed by atoms with E-state index in [-0.39, 0.29) is 23.6 Å². The third-order valence-corrected chi connectivity index (χ3v) is 2.84. The summed E-state index contributed by atoms with van der Waals surface area (Å²) in [6.45, 7) is 1.60. The van der Waals surface area contributed by atoms with Crippen molar-refractivity contribution in [1.29, 1.82) is 0 Å². The summed E-state index contributed by atoms with van der Waals surface area (Å²) >= 11 is 0.